The lowest BCUT2D eigenvalue weighted by atomic mass is 10.0. The van der Waals surface area contributed by atoms with E-state index in [1.54, 1.807) is 4.90 Å². The van der Waals surface area contributed by atoms with E-state index >= 15 is 0 Å². The third-order valence-corrected chi connectivity index (χ3v) is 5.88. The number of hydrogen-bond acceptors (Lipinski definition) is 6. The first kappa shape index (κ1) is 20.2. The van der Waals surface area contributed by atoms with Crippen molar-refractivity contribution in [2.24, 2.45) is 11.7 Å². The van der Waals surface area contributed by atoms with E-state index in [2.05, 4.69) is 10.1 Å². The Morgan fingerprint density at radius 1 is 1.34 bits per heavy atom. The van der Waals surface area contributed by atoms with Crippen molar-refractivity contribution in [1.82, 2.24) is 19.9 Å². The molecule has 10 heteroatoms. The first-order valence-corrected chi connectivity index (χ1v) is 10.3. The molecule has 8 nitrogen and oxygen atoms in total. The molecule has 2 saturated heterocycles. The van der Waals surface area contributed by atoms with Gasteiger partial charge in [-0.05, 0) is 31.6 Å². The highest BCUT2D eigenvalue weighted by Gasteiger charge is 2.40. The van der Waals surface area contributed by atoms with Crippen molar-refractivity contribution in [3.8, 4) is 0 Å². The Morgan fingerprint density at radius 2 is 2.14 bits per heavy atom. The number of carbonyl (C=O) groups is 2. The molecule has 0 unspecified atom stereocenters. The summed E-state index contributed by atoms with van der Waals surface area (Å²) in [6.07, 6.45) is 4.12. The summed E-state index contributed by atoms with van der Waals surface area (Å²) in [4.78, 5) is 31.9. The quantitative estimate of drug-likeness (QED) is 0.732. The van der Waals surface area contributed by atoms with Crippen LogP contribution in [0.1, 0.15) is 62.7 Å². The maximum atomic E-state index is 13.6. The molecule has 2 amide bonds. The van der Waals surface area contributed by atoms with E-state index in [-0.39, 0.29) is 37.2 Å². The number of rotatable bonds is 7. The molecular weight excluding hydrogens is 384 g/mol. The van der Waals surface area contributed by atoms with Gasteiger partial charge in [0.05, 0.1) is 6.54 Å². The van der Waals surface area contributed by atoms with Crippen LogP contribution in [0.4, 0.5) is 8.78 Å². The van der Waals surface area contributed by atoms with Crippen molar-refractivity contribution in [1.29, 1.82) is 0 Å². The molecule has 1 aliphatic carbocycles. The van der Waals surface area contributed by atoms with E-state index in [9.17, 15) is 18.4 Å². The number of aromatic nitrogens is 2. The van der Waals surface area contributed by atoms with Crippen LogP contribution in [0.15, 0.2) is 4.52 Å². The molecule has 0 aromatic carbocycles. The van der Waals surface area contributed by atoms with Gasteiger partial charge in [-0.2, -0.15) is 4.98 Å². The van der Waals surface area contributed by atoms with E-state index in [0.717, 1.165) is 24.2 Å². The first-order chi connectivity index (χ1) is 13.8. The second kappa shape index (κ2) is 7.97. The van der Waals surface area contributed by atoms with Crippen LogP contribution < -0.4 is 5.73 Å². The summed E-state index contributed by atoms with van der Waals surface area (Å²) < 4.78 is 32.6. The molecule has 0 bridgehead atoms. The Hall–Kier alpha value is -2.10. The summed E-state index contributed by atoms with van der Waals surface area (Å²) in [5.41, 5.74) is 6.04. The van der Waals surface area contributed by atoms with Crippen molar-refractivity contribution in [3.05, 3.63) is 11.7 Å². The van der Waals surface area contributed by atoms with E-state index in [1.165, 1.54) is 12.8 Å². The highest BCUT2D eigenvalue weighted by Crippen LogP contribution is 2.34. The fourth-order valence-electron chi connectivity index (χ4n) is 4.14. The van der Waals surface area contributed by atoms with Gasteiger partial charge in [0.1, 0.15) is 6.04 Å². The van der Waals surface area contributed by atoms with Crippen LogP contribution in [-0.2, 0) is 16.0 Å². The van der Waals surface area contributed by atoms with E-state index in [4.69, 9.17) is 10.3 Å². The topological polar surface area (TPSA) is 106 Å². The number of amides is 2. The lowest BCUT2D eigenvalue weighted by Crippen LogP contribution is -2.51. The largest absolute Gasteiger partial charge is 0.337 e. The summed E-state index contributed by atoms with van der Waals surface area (Å²) in [6, 6.07) is -0.967. The number of alkyl halides is 2. The minimum atomic E-state index is -2.90. The average molecular weight is 411 g/mol. The van der Waals surface area contributed by atoms with Crippen molar-refractivity contribution >= 4 is 11.8 Å². The number of carbonyl (C=O) groups excluding carboxylic acids is 2. The fraction of sp³-hybridized carbons (Fsp3) is 0.789. The van der Waals surface area contributed by atoms with Gasteiger partial charge in [-0.15, -0.1) is 0 Å². The Kier molecular flexibility index (Phi) is 5.54. The zero-order valence-electron chi connectivity index (χ0n) is 16.4. The molecule has 1 aromatic rings. The van der Waals surface area contributed by atoms with Crippen molar-refractivity contribution in [2.75, 3.05) is 19.6 Å². The predicted molar refractivity (Wildman–Crippen MR) is 97.8 cm³/mol. The van der Waals surface area contributed by atoms with Crippen LogP contribution in [0.3, 0.4) is 0 Å². The molecule has 0 spiro atoms. The monoisotopic (exact) mass is 411 g/mol. The van der Waals surface area contributed by atoms with Gasteiger partial charge in [0.25, 0.3) is 5.92 Å². The van der Waals surface area contributed by atoms with Crippen molar-refractivity contribution in [3.63, 3.8) is 0 Å². The molecule has 2 aliphatic heterocycles. The Morgan fingerprint density at radius 3 is 2.90 bits per heavy atom. The molecule has 160 valence electrons. The summed E-state index contributed by atoms with van der Waals surface area (Å²) in [5, 5.41) is 4.03. The van der Waals surface area contributed by atoms with Gasteiger partial charge in [0.2, 0.25) is 17.7 Å². The average Bonchev–Trinajstić information content (AvgIpc) is 3.14. The molecule has 1 aromatic heterocycles. The number of nitrogens with zero attached hydrogens (tertiary/aromatic N) is 4. The summed E-state index contributed by atoms with van der Waals surface area (Å²) >= 11 is 0. The van der Waals surface area contributed by atoms with Gasteiger partial charge in [0, 0.05) is 44.8 Å². The molecular formula is C19H27F2N5O3. The smallest absolute Gasteiger partial charge is 0.265 e. The zero-order valence-corrected chi connectivity index (χ0v) is 16.4. The lowest BCUT2D eigenvalue weighted by molar-refractivity contribution is -0.148. The first-order valence-electron chi connectivity index (χ1n) is 10.3. The number of hydrogen-bond donors (Lipinski definition) is 1. The van der Waals surface area contributed by atoms with E-state index in [0.29, 0.717) is 24.2 Å². The molecule has 3 aliphatic rings. The lowest BCUT2D eigenvalue weighted by Gasteiger charge is -2.34. The van der Waals surface area contributed by atoms with Crippen LogP contribution in [0, 0.1) is 5.92 Å². The number of nitrogens with two attached hydrogens (primary N) is 1. The third-order valence-electron chi connectivity index (χ3n) is 5.88. The maximum absolute atomic E-state index is 13.6. The summed E-state index contributed by atoms with van der Waals surface area (Å²) in [5.74, 6) is -1.64. The molecule has 29 heavy (non-hydrogen) atoms. The van der Waals surface area contributed by atoms with Gasteiger partial charge in [-0.25, -0.2) is 8.78 Å². The minimum Gasteiger partial charge on any atom is -0.337 e. The van der Waals surface area contributed by atoms with Crippen LogP contribution in [0.5, 0.6) is 0 Å². The fourth-order valence-corrected chi connectivity index (χ4v) is 4.14. The SMILES string of the molecule is N[C@@H](CC(=O)N1CCC[C@H]1c1nc(CC2CC2)no1)CN1CC(F)(F)CCC1=O. The van der Waals surface area contributed by atoms with Crippen LogP contribution in [0.2, 0.25) is 0 Å². The summed E-state index contributed by atoms with van der Waals surface area (Å²) in [6.45, 7) is -0.117. The highest BCUT2D eigenvalue weighted by atomic mass is 19.3. The Bertz CT molecular complexity index is 767. The van der Waals surface area contributed by atoms with Crippen LogP contribution >= 0.6 is 0 Å². The molecule has 3 fully saturated rings. The van der Waals surface area contributed by atoms with E-state index in [1.807, 2.05) is 0 Å². The second-order valence-electron chi connectivity index (χ2n) is 8.54. The maximum Gasteiger partial charge on any atom is 0.265 e. The molecule has 4 rings (SSSR count). The molecule has 1 saturated carbocycles. The second-order valence-corrected chi connectivity index (χ2v) is 8.54. The van der Waals surface area contributed by atoms with Crippen LogP contribution in [-0.4, -0.2) is 63.4 Å². The minimum absolute atomic E-state index is 0.0189. The predicted octanol–water partition coefficient (Wildman–Crippen LogP) is 1.66. The van der Waals surface area contributed by atoms with Gasteiger partial charge >= 0.3 is 0 Å². The highest BCUT2D eigenvalue weighted by molar-refractivity contribution is 5.79. The normalized spacial score (nSPS) is 25.5. The standard InChI is InChI=1S/C19H27F2N5O3/c20-19(21)6-5-16(27)25(11-19)10-13(22)9-17(28)26-7-1-2-14(26)18-23-15(24-29-18)8-12-3-4-12/h12-14H,1-11,22H2/t13-,14-/m0/s1. The van der Waals surface area contributed by atoms with Gasteiger partial charge in [-0.3, -0.25) is 9.59 Å². The molecule has 0 radical (unpaired) electrons. The third kappa shape index (κ3) is 4.91. The summed E-state index contributed by atoms with van der Waals surface area (Å²) in [7, 11) is 0. The number of likely N-dealkylation sites (tertiary alicyclic amines) is 2. The van der Waals surface area contributed by atoms with Crippen LogP contribution in [0.25, 0.3) is 0 Å². The number of piperidine rings is 1. The Balaban J connectivity index is 1.33. The van der Waals surface area contributed by atoms with Crippen molar-refractivity contribution < 1.29 is 22.9 Å². The van der Waals surface area contributed by atoms with E-state index < -0.39 is 24.9 Å². The number of halogens is 2. The molecule has 2 atom stereocenters. The van der Waals surface area contributed by atoms with Crippen molar-refractivity contribution in [2.45, 2.75) is 69.4 Å². The zero-order chi connectivity index (χ0) is 20.6. The molecule has 3 heterocycles. The van der Waals surface area contributed by atoms with Gasteiger partial charge in [0.15, 0.2) is 5.82 Å². The Labute approximate surface area is 167 Å². The van der Waals surface area contributed by atoms with Gasteiger partial charge in [-0.1, -0.05) is 5.16 Å². The van der Waals surface area contributed by atoms with Gasteiger partial charge < -0.3 is 20.1 Å². The molecule has 2 N–H and O–H groups in total.